The summed E-state index contributed by atoms with van der Waals surface area (Å²) in [6, 6.07) is 3.68. The molecule has 2 aromatic rings. The van der Waals surface area contributed by atoms with Crippen molar-refractivity contribution in [3.05, 3.63) is 51.6 Å². The van der Waals surface area contributed by atoms with Gasteiger partial charge in [0.25, 0.3) is 23.5 Å². The van der Waals surface area contributed by atoms with E-state index in [1.165, 1.54) is 24.0 Å². The van der Waals surface area contributed by atoms with E-state index in [-0.39, 0.29) is 53.8 Å². The molecule has 1 aromatic carbocycles. The molecule has 5 rings (SSSR count). The number of alkyl halides is 2. The highest BCUT2D eigenvalue weighted by Gasteiger charge is 2.63. The second kappa shape index (κ2) is 9.98. The van der Waals surface area contributed by atoms with Crippen molar-refractivity contribution in [1.29, 1.82) is 0 Å². The number of Topliss-reactive ketones (excluding diaryl/α,β-unsaturated/α-hetero) is 1. The highest BCUT2D eigenvalue weighted by atomic mass is 35.5. The van der Waals surface area contributed by atoms with Crippen molar-refractivity contribution in [1.82, 2.24) is 14.8 Å². The van der Waals surface area contributed by atoms with Gasteiger partial charge in [-0.1, -0.05) is 11.6 Å². The standard InChI is InChI=1S/C26H26ClF3N4O5/c1-14-19(18-3-2-6-34(18)20(14)22(36)31-15-4-5-17(28)16(27)11-15)21(35)23(37)32-25(12-26(29,30)13-25)24(38)33-7-9-39-10-8-33/h4-5,11H,2-3,6-10,12-13H2,1H3,(H,31,36)(H,32,37). The highest BCUT2D eigenvalue weighted by Crippen LogP contribution is 2.47. The molecular formula is C26H26ClF3N4O5. The average Bonchev–Trinajstić information content (AvgIpc) is 3.44. The number of nitrogens with one attached hydrogen (secondary N) is 2. The first kappa shape index (κ1) is 27.2. The molecule has 2 fully saturated rings. The van der Waals surface area contributed by atoms with Crippen LogP contribution in [0.2, 0.25) is 5.02 Å². The molecule has 1 saturated heterocycles. The summed E-state index contributed by atoms with van der Waals surface area (Å²) in [6.07, 6.45) is -0.779. The summed E-state index contributed by atoms with van der Waals surface area (Å²) in [5.74, 6) is -7.26. The number of carbonyl (C=O) groups excluding carboxylic acids is 4. The summed E-state index contributed by atoms with van der Waals surface area (Å²) in [6.45, 7) is 2.82. The summed E-state index contributed by atoms with van der Waals surface area (Å²) < 4.78 is 48.4. The fourth-order valence-corrected chi connectivity index (χ4v) is 5.84. The summed E-state index contributed by atoms with van der Waals surface area (Å²) >= 11 is 5.81. The van der Waals surface area contributed by atoms with E-state index in [1.54, 1.807) is 4.57 Å². The first-order valence-electron chi connectivity index (χ1n) is 12.5. The van der Waals surface area contributed by atoms with Gasteiger partial charge < -0.3 is 24.8 Å². The Kier molecular flexibility index (Phi) is 6.96. The minimum Gasteiger partial charge on any atom is -0.378 e. The number of morpholine rings is 1. The molecule has 1 aromatic heterocycles. The molecule has 0 unspecified atom stereocenters. The van der Waals surface area contributed by atoms with Gasteiger partial charge in [0.05, 0.1) is 23.8 Å². The molecule has 39 heavy (non-hydrogen) atoms. The number of nitrogens with zero attached hydrogens (tertiary/aromatic N) is 2. The van der Waals surface area contributed by atoms with Gasteiger partial charge in [-0.15, -0.1) is 0 Å². The molecule has 2 N–H and O–H groups in total. The molecule has 1 aliphatic carbocycles. The van der Waals surface area contributed by atoms with Gasteiger partial charge in [-0.05, 0) is 43.5 Å². The van der Waals surface area contributed by atoms with Gasteiger partial charge in [-0.3, -0.25) is 19.2 Å². The number of carbonyl (C=O) groups is 4. The third-order valence-corrected chi connectivity index (χ3v) is 7.71. The van der Waals surface area contributed by atoms with Gasteiger partial charge in [0.15, 0.2) is 0 Å². The van der Waals surface area contributed by atoms with Crippen LogP contribution < -0.4 is 10.6 Å². The fourth-order valence-electron chi connectivity index (χ4n) is 5.66. The number of fused-ring (bicyclic) bond motifs is 1. The maximum absolute atomic E-state index is 14.0. The topological polar surface area (TPSA) is 110 Å². The third-order valence-electron chi connectivity index (χ3n) is 7.42. The number of amides is 3. The number of benzene rings is 1. The van der Waals surface area contributed by atoms with E-state index in [2.05, 4.69) is 10.6 Å². The number of ketones is 1. The molecule has 2 aliphatic heterocycles. The maximum Gasteiger partial charge on any atom is 0.293 e. The molecule has 3 amide bonds. The predicted octanol–water partition coefficient (Wildman–Crippen LogP) is 3.11. The zero-order valence-electron chi connectivity index (χ0n) is 21.0. The van der Waals surface area contributed by atoms with Gasteiger partial charge in [0, 0.05) is 43.9 Å². The number of ether oxygens (including phenoxy) is 1. The Labute approximate surface area is 226 Å². The Morgan fingerprint density at radius 3 is 2.41 bits per heavy atom. The van der Waals surface area contributed by atoms with Crippen LogP contribution in [0, 0.1) is 12.7 Å². The monoisotopic (exact) mass is 566 g/mol. The number of aromatic nitrogens is 1. The Bertz CT molecular complexity index is 1380. The van der Waals surface area contributed by atoms with Crippen LogP contribution in [0.25, 0.3) is 0 Å². The van der Waals surface area contributed by atoms with Gasteiger partial charge in [-0.2, -0.15) is 0 Å². The minimum atomic E-state index is -3.15. The molecule has 0 spiro atoms. The van der Waals surface area contributed by atoms with Crippen LogP contribution in [0.5, 0.6) is 0 Å². The summed E-state index contributed by atoms with van der Waals surface area (Å²) in [5.41, 5.74) is -0.794. The average molecular weight is 567 g/mol. The van der Waals surface area contributed by atoms with Crippen molar-refractivity contribution in [3.63, 3.8) is 0 Å². The van der Waals surface area contributed by atoms with Crippen LogP contribution >= 0.6 is 11.6 Å². The lowest BCUT2D eigenvalue weighted by Gasteiger charge is -2.48. The molecule has 3 aliphatic rings. The highest BCUT2D eigenvalue weighted by molar-refractivity contribution is 6.44. The fraction of sp³-hybridized carbons (Fsp3) is 0.462. The second-order valence-corrected chi connectivity index (χ2v) is 10.5. The SMILES string of the molecule is Cc1c(C(=O)C(=O)NC2(C(=O)N3CCOCC3)CC(F)(F)C2)c2n(c1C(=O)Nc1ccc(F)c(Cl)c1)CCC2. The number of hydrogen-bond donors (Lipinski definition) is 2. The Hall–Kier alpha value is -3.38. The van der Waals surface area contributed by atoms with Crippen molar-refractivity contribution in [2.45, 2.75) is 50.6 Å². The molecular weight excluding hydrogens is 541 g/mol. The first-order chi connectivity index (χ1) is 18.4. The molecule has 3 heterocycles. The van der Waals surface area contributed by atoms with Crippen LogP contribution in [-0.2, 0) is 27.3 Å². The van der Waals surface area contributed by atoms with E-state index in [9.17, 15) is 32.3 Å². The molecule has 0 atom stereocenters. The Morgan fingerprint density at radius 1 is 1.08 bits per heavy atom. The van der Waals surface area contributed by atoms with Crippen LogP contribution in [0.4, 0.5) is 18.9 Å². The van der Waals surface area contributed by atoms with Crippen molar-refractivity contribution in [2.24, 2.45) is 0 Å². The number of rotatable bonds is 6. The summed E-state index contributed by atoms with van der Waals surface area (Å²) in [4.78, 5) is 54.3. The lowest BCUT2D eigenvalue weighted by molar-refractivity contribution is -0.176. The van der Waals surface area contributed by atoms with E-state index in [4.69, 9.17) is 16.3 Å². The quantitative estimate of drug-likeness (QED) is 0.412. The second-order valence-electron chi connectivity index (χ2n) is 10.1. The lowest BCUT2D eigenvalue weighted by Crippen LogP contribution is -2.71. The van der Waals surface area contributed by atoms with Gasteiger partial charge in [-0.25, -0.2) is 13.2 Å². The smallest absolute Gasteiger partial charge is 0.293 e. The van der Waals surface area contributed by atoms with Gasteiger partial charge in [0.2, 0.25) is 5.91 Å². The van der Waals surface area contributed by atoms with E-state index in [0.717, 1.165) is 6.07 Å². The van der Waals surface area contributed by atoms with E-state index < -0.39 is 53.6 Å². The van der Waals surface area contributed by atoms with Crippen LogP contribution in [0.1, 0.15) is 51.4 Å². The summed E-state index contributed by atoms with van der Waals surface area (Å²) in [5, 5.41) is 4.78. The van der Waals surface area contributed by atoms with E-state index in [1.807, 2.05) is 0 Å². The van der Waals surface area contributed by atoms with Gasteiger partial charge in [0.1, 0.15) is 17.1 Å². The van der Waals surface area contributed by atoms with Crippen LogP contribution in [-0.4, -0.2) is 70.7 Å². The third kappa shape index (κ3) is 4.91. The Balaban J connectivity index is 1.40. The number of hydrogen-bond acceptors (Lipinski definition) is 5. The molecule has 0 bridgehead atoms. The molecule has 1 saturated carbocycles. The van der Waals surface area contributed by atoms with Gasteiger partial charge >= 0.3 is 0 Å². The van der Waals surface area contributed by atoms with E-state index in [0.29, 0.717) is 25.1 Å². The first-order valence-corrected chi connectivity index (χ1v) is 12.9. The minimum absolute atomic E-state index is 0.00680. The molecule has 0 radical (unpaired) electrons. The molecule has 208 valence electrons. The number of anilines is 1. The van der Waals surface area contributed by atoms with E-state index >= 15 is 0 Å². The maximum atomic E-state index is 14.0. The normalized spacial score (nSPS) is 19.2. The molecule has 13 heteroatoms. The Morgan fingerprint density at radius 2 is 1.77 bits per heavy atom. The largest absolute Gasteiger partial charge is 0.378 e. The lowest BCUT2D eigenvalue weighted by atomic mass is 9.72. The van der Waals surface area contributed by atoms with Crippen molar-refractivity contribution >= 4 is 40.8 Å². The van der Waals surface area contributed by atoms with Crippen molar-refractivity contribution in [2.75, 3.05) is 31.6 Å². The zero-order chi connectivity index (χ0) is 28.1. The zero-order valence-corrected chi connectivity index (χ0v) is 21.8. The van der Waals surface area contributed by atoms with Crippen molar-refractivity contribution in [3.8, 4) is 0 Å². The number of halogens is 4. The van der Waals surface area contributed by atoms with Crippen LogP contribution in [0.15, 0.2) is 18.2 Å². The molecule has 9 nitrogen and oxygen atoms in total. The predicted molar refractivity (Wildman–Crippen MR) is 134 cm³/mol. The summed E-state index contributed by atoms with van der Waals surface area (Å²) in [7, 11) is 0. The van der Waals surface area contributed by atoms with Crippen LogP contribution in [0.3, 0.4) is 0 Å². The van der Waals surface area contributed by atoms with Crippen molar-refractivity contribution < 1.29 is 37.1 Å².